The number of carbonyl (C=O) groups excluding carboxylic acids is 2. The maximum atomic E-state index is 11.4. The molecule has 82 valence electrons. The molecule has 0 aliphatic rings. The zero-order chi connectivity index (χ0) is 11.3. The fraction of sp³-hybridized carbons (Fsp3) is 0.333. The van der Waals surface area contributed by atoms with E-state index in [0.717, 1.165) is 0 Å². The molecule has 15 heavy (non-hydrogen) atoms. The monoisotopic (exact) mass is 247 g/mol. The van der Waals surface area contributed by atoms with E-state index in [-0.39, 0.29) is 12.5 Å². The minimum absolute atomic E-state index is 0.138. The van der Waals surface area contributed by atoms with Gasteiger partial charge >= 0.3 is 5.97 Å². The first kappa shape index (κ1) is 12.0. The molecule has 1 aromatic heterocycles. The number of hydrogen-bond donors (Lipinski definition) is 1. The molecule has 0 unspecified atom stereocenters. The molecule has 0 aromatic carbocycles. The summed E-state index contributed by atoms with van der Waals surface area (Å²) in [4.78, 5) is 22.8. The Labute approximate surface area is 96.2 Å². The largest absolute Gasteiger partial charge is 0.465 e. The summed E-state index contributed by atoms with van der Waals surface area (Å²) in [6, 6.07) is 1.63. The van der Waals surface area contributed by atoms with E-state index < -0.39 is 5.97 Å². The van der Waals surface area contributed by atoms with Gasteiger partial charge in [-0.2, -0.15) is 0 Å². The zero-order valence-electron chi connectivity index (χ0n) is 8.08. The molecule has 0 radical (unpaired) electrons. The second-order valence-corrected chi connectivity index (χ2v) is 3.91. The number of thiophene rings is 1. The predicted molar refractivity (Wildman–Crippen MR) is 58.3 cm³/mol. The van der Waals surface area contributed by atoms with Crippen LogP contribution in [0.1, 0.15) is 16.6 Å². The number of ether oxygens (including phenoxy) is 1. The molecule has 0 spiro atoms. The molecule has 0 atom stereocenters. The number of carbonyl (C=O) groups is 2. The summed E-state index contributed by atoms with van der Waals surface area (Å²) >= 11 is 6.97. The molecule has 0 bridgehead atoms. The Balaban J connectivity index is 2.44. The molecule has 1 rings (SSSR count). The number of halogens is 1. The minimum atomic E-state index is -0.460. The lowest BCUT2D eigenvalue weighted by Crippen LogP contribution is -2.30. The lowest BCUT2D eigenvalue weighted by atomic mass is 10.4. The van der Waals surface area contributed by atoms with Crippen molar-refractivity contribution in [2.24, 2.45) is 0 Å². The standard InChI is InChI=1S/C9H10ClNO3S/c1-2-14-7(12)5-11-9(13)8-6(10)3-4-15-8/h3-4H,2,5H2,1H3,(H,11,13). The van der Waals surface area contributed by atoms with Crippen LogP contribution in [-0.4, -0.2) is 25.0 Å². The van der Waals surface area contributed by atoms with Crippen molar-refractivity contribution in [3.8, 4) is 0 Å². The van der Waals surface area contributed by atoms with E-state index in [1.165, 1.54) is 11.3 Å². The molecule has 0 aliphatic heterocycles. The van der Waals surface area contributed by atoms with Crippen LogP contribution in [0.3, 0.4) is 0 Å². The van der Waals surface area contributed by atoms with E-state index in [4.69, 9.17) is 11.6 Å². The van der Waals surface area contributed by atoms with Crippen molar-refractivity contribution < 1.29 is 14.3 Å². The molecule has 0 saturated heterocycles. The first-order chi connectivity index (χ1) is 7.15. The quantitative estimate of drug-likeness (QED) is 0.824. The Kier molecular flexibility index (Phi) is 4.58. The summed E-state index contributed by atoms with van der Waals surface area (Å²) in [5, 5.41) is 4.52. The third-order valence-electron chi connectivity index (χ3n) is 1.52. The van der Waals surface area contributed by atoms with Crippen molar-refractivity contribution in [2.75, 3.05) is 13.2 Å². The van der Waals surface area contributed by atoms with E-state index in [9.17, 15) is 9.59 Å². The van der Waals surface area contributed by atoms with Crippen molar-refractivity contribution in [2.45, 2.75) is 6.92 Å². The number of hydrogen-bond acceptors (Lipinski definition) is 4. The summed E-state index contributed by atoms with van der Waals surface area (Å²) in [6.45, 7) is 1.87. The Bertz CT molecular complexity index is 364. The molecular formula is C9H10ClNO3S. The molecule has 1 aromatic rings. The number of esters is 1. The Morgan fingerprint density at radius 1 is 1.60 bits per heavy atom. The van der Waals surface area contributed by atoms with Gasteiger partial charge in [-0.05, 0) is 18.4 Å². The van der Waals surface area contributed by atoms with E-state index in [1.807, 2.05) is 0 Å². The van der Waals surface area contributed by atoms with Gasteiger partial charge in [0.25, 0.3) is 5.91 Å². The molecule has 0 fully saturated rings. The number of rotatable bonds is 4. The fourth-order valence-corrected chi connectivity index (χ4v) is 1.96. The second-order valence-electron chi connectivity index (χ2n) is 2.59. The smallest absolute Gasteiger partial charge is 0.325 e. The first-order valence-electron chi connectivity index (χ1n) is 4.32. The summed E-state index contributed by atoms with van der Waals surface area (Å²) in [5.74, 6) is -0.818. The lowest BCUT2D eigenvalue weighted by molar-refractivity contribution is -0.141. The number of amides is 1. The maximum absolute atomic E-state index is 11.4. The summed E-state index contributed by atoms with van der Waals surface area (Å²) in [7, 11) is 0. The third-order valence-corrected chi connectivity index (χ3v) is 2.86. The predicted octanol–water partition coefficient (Wildman–Crippen LogP) is 1.69. The highest BCUT2D eigenvalue weighted by Crippen LogP contribution is 2.21. The van der Waals surface area contributed by atoms with Crippen molar-refractivity contribution in [1.82, 2.24) is 5.32 Å². The molecule has 0 saturated carbocycles. The Hall–Kier alpha value is -1.07. The number of nitrogens with one attached hydrogen (secondary N) is 1. The van der Waals surface area contributed by atoms with Crippen molar-refractivity contribution in [1.29, 1.82) is 0 Å². The van der Waals surface area contributed by atoms with Gasteiger partial charge in [-0.25, -0.2) is 0 Å². The zero-order valence-corrected chi connectivity index (χ0v) is 9.65. The van der Waals surface area contributed by atoms with Gasteiger partial charge in [0.2, 0.25) is 0 Å². The van der Waals surface area contributed by atoms with Crippen molar-refractivity contribution >= 4 is 34.8 Å². The van der Waals surface area contributed by atoms with Gasteiger partial charge in [0.15, 0.2) is 0 Å². The van der Waals surface area contributed by atoms with E-state index in [0.29, 0.717) is 16.5 Å². The Morgan fingerprint density at radius 3 is 2.87 bits per heavy atom. The van der Waals surface area contributed by atoms with Crippen LogP contribution in [0.4, 0.5) is 0 Å². The molecule has 1 amide bonds. The van der Waals surface area contributed by atoms with Crippen LogP contribution in [0.25, 0.3) is 0 Å². The van der Waals surface area contributed by atoms with Crippen LogP contribution in [-0.2, 0) is 9.53 Å². The van der Waals surface area contributed by atoms with Crippen LogP contribution >= 0.6 is 22.9 Å². The van der Waals surface area contributed by atoms with Gasteiger partial charge in [-0.3, -0.25) is 9.59 Å². The lowest BCUT2D eigenvalue weighted by Gasteiger charge is -2.03. The van der Waals surface area contributed by atoms with Crippen molar-refractivity contribution in [3.63, 3.8) is 0 Å². The van der Waals surface area contributed by atoms with Crippen LogP contribution in [0.5, 0.6) is 0 Å². The summed E-state index contributed by atoms with van der Waals surface area (Å²) < 4.78 is 4.66. The van der Waals surface area contributed by atoms with Crippen LogP contribution in [0, 0.1) is 0 Å². The molecule has 4 nitrogen and oxygen atoms in total. The molecule has 1 heterocycles. The summed E-state index contributed by atoms with van der Waals surface area (Å²) in [5.41, 5.74) is 0. The molecule has 0 aliphatic carbocycles. The van der Waals surface area contributed by atoms with Gasteiger partial charge in [-0.1, -0.05) is 11.6 Å². The van der Waals surface area contributed by atoms with E-state index >= 15 is 0 Å². The first-order valence-corrected chi connectivity index (χ1v) is 5.57. The van der Waals surface area contributed by atoms with Crippen LogP contribution in [0.15, 0.2) is 11.4 Å². The van der Waals surface area contributed by atoms with E-state index in [2.05, 4.69) is 10.1 Å². The average molecular weight is 248 g/mol. The normalized spacial score (nSPS) is 9.73. The molecular weight excluding hydrogens is 238 g/mol. The SMILES string of the molecule is CCOC(=O)CNC(=O)c1sccc1Cl. The van der Waals surface area contributed by atoms with Gasteiger partial charge in [0, 0.05) is 0 Å². The molecule has 1 N–H and O–H groups in total. The second kappa shape index (κ2) is 5.72. The average Bonchev–Trinajstić information content (AvgIpc) is 2.61. The highest BCUT2D eigenvalue weighted by molar-refractivity contribution is 7.12. The topological polar surface area (TPSA) is 55.4 Å². The minimum Gasteiger partial charge on any atom is -0.465 e. The van der Waals surface area contributed by atoms with Gasteiger partial charge in [-0.15, -0.1) is 11.3 Å². The highest BCUT2D eigenvalue weighted by Gasteiger charge is 2.12. The van der Waals surface area contributed by atoms with Gasteiger partial charge < -0.3 is 10.1 Å². The fourth-order valence-electron chi connectivity index (χ4n) is 0.901. The highest BCUT2D eigenvalue weighted by atomic mass is 35.5. The van der Waals surface area contributed by atoms with Crippen LogP contribution in [0.2, 0.25) is 5.02 Å². The van der Waals surface area contributed by atoms with Crippen LogP contribution < -0.4 is 5.32 Å². The Morgan fingerprint density at radius 2 is 2.33 bits per heavy atom. The van der Waals surface area contributed by atoms with Crippen molar-refractivity contribution in [3.05, 3.63) is 21.3 Å². The third kappa shape index (κ3) is 3.53. The van der Waals surface area contributed by atoms with Gasteiger partial charge in [0.05, 0.1) is 11.6 Å². The van der Waals surface area contributed by atoms with E-state index in [1.54, 1.807) is 18.4 Å². The van der Waals surface area contributed by atoms with Gasteiger partial charge in [0.1, 0.15) is 11.4 Å². The molecule has 6 heteroatoms. The maximum Gasteiger partial charge on any atom is 0.325 e. The summed E-state index contributed by atoms with van der Waals surface area (Å²) in [6.07, 6.45) is 0.